The minimum absolute atomic E-state index is 0.0681. The maximum Gasteiger partial charge on any atom is 0.218 e. The van der Waals surface area contributed by atoms with Crippen LogP contribution in [-0.2, 0) is 12.8 Å². The first-order valence-corrected chi connectivity index (χ1v) is 14.5. The maximum absolute atomic E-state index is 14.1. The van der Waals surface area contributed by atoms with Gasteiger partial charge in [0.1, 0.15) is 23.6 Å². The summed E-state index contributed by atoms with van der Waals surface area (Å²) < 4.78 is 36.3. The fourth-order valence-electron chi connectivity index (χ4n) is 6.05. The molecular formula is C31H37F2N7O2. The molecule has 3 atom stereocenters. The molecule has 0 radical (unpaired) electrons. The second kappa shape index (κ2) is 11.2. The molecule has 1 aliphatic heterocycles. The number of benzene rings is 1. The molecule has 222 valence electrons. The van der Waals surface area contributed by atoms with Gasteiger partial charge in [0, 0.05) is 49.2 Å². The van der Waals surface area contributed by atoms with Crippen LogP contribution in [0.3, 0.4) is 0 Å². The number of aliphatic hydroxyl groups is 1. The number of halogens is 2. The standard InChI is InChI=1S/C31H37F2N7O2/c1-30(2,3)14-20-11-23-25(15-31(5-4-6-31)42-29(23)36-16-20)35-17-26(41)24(12-19-9-21(32)13-22(33)10-19)38-27-28-39-37-18-40(28)8-7-34-27/h7-11,13,16,18,24-26,35,41H,4-6,12,14-15,17H2,1-3H3,(H,34,38)/t24-,25?,26+/m0/s1. The number of aliphatic hydroxyl groups excluding tert-OH is 1. The van der Waals surface area contributed by atoms with Crippen molar-refractivity contribution in [1.29, 1.82) is 0 Å². The van der Waals surface area contributed by atoms with Gasteiger partial charge in [-0.2, -0.15) is 0 Å². The molecule has 3 N–H and O–H groups in total. The van der Waals surface area contributed by atoms with Gasteiger partial charge < -0.3 is 20.5 Å². The van der Waals surface area contributed by atoms with Crippen LogP contribution in [-0.4, -0.2) is 54.0 Å². The molecule has 4 heterocycles. The normalized spacial score (nSPS) is 19.1. The van der Waals surface area contributed by atoms with E-state index in [1.807, 2.05) is 6.20 Å². The lowest BCUT2D eigenvalue weighted by molar-refractivity contribution is -0.0419. The molecule has 0 amide bonds. The van der Waals surface area contributed by atoms with Crippen molar-refractivity contribution in [1.82, 2.24) is 29.9 Å². The van der Waals surface area contributed by atoms with Crippen molar-refractivity contribution >= 4 is 11.5 Å². The summed E-state index contributed by atoms with van der Waals surface area (Å²) in [7, 11) is 0. The Kier molecular flexibility index (Phi) is 7.57. The Morgan fingerprint density at radius 3 is 2.62 bits per heavy atom. The van der Waals surface area contributed by atoms with Crippen molar-refractivity contribution in [2.75, 3.05) is 11.9 Å². The third-order valence-electron chi connectivity index (χ3n) is 8.15. The van der Waals surface area contributed by atoms with E-state index in [1.54, 1.807) is 23.1 Å². The van der Waals surface area contributed by atoms with Crippen LogP contribution in [0.2, 0.25) is 0 Å². The van der Waals surface area contributed by atoms with Gasteiger partial charge in [0.15, 0.2) is 5.82 Å². The molecule has 11 heteroatoms. The van der Waals surface area contributed by atoms with Crippen molar-refractivity contribution < 1.29 is 18.6 Å². The zero-order valence-corrected chi connectivity index (χ0v) is 24.1. The predicted molar refractivity (Wildman–Crippen MR) is 154 cm³/mol. The number of nitrogens with one attached hydrogen (secondary N) is 2. The summed E-state index contributed by atoms with van der Waals surface area (Å²) in [5.74, 6) is -0.274. The molecule has 2 aliphatic rings. The lowest BCUT2D eigenvalue weighted by Gasteiger charge is -2.47. The van der Waals surface area contributed by atoms with Gasteiger partial charge >= 0.3 is 0 Å². The van der Waals surface area contributed by atoms with Crippen LogP contribution < -0.4 is 15.4 Å². The average molecular weight is 578 g/mol. The highest BCUT2D eigenvalue weighted by atomic mass is 19.1. The van der Waals surface area contributed by atoms with Gasteiger partial charge in [0.2, 0.25) is 11.5 Å². The number of hydrogen-bond donors (Lipinski definition) is 3. The molecule has 1 saturated carbocycles. The number of ether oxygens (including phenoxy) is 1. The van der Waals surface area contributed by atoms with Crippen LogP contribution in [0.5, 0.6) is 5.88 Å². The Hall–Kier alpha value is -3.70. The molecule has 0 saturated heterocycles. The summed E-state index contributed by atoms with van der Waals surface area (Å²) in [6, 6.07) is 4.85. The van der Waals surface area contributed by atoms with Gasteiger partial charge in [-0.3, -0.25) is 4.40 Å². The van der Waals surface area contributed by atoms with Gasteiger partial charge in [-0.15, -0.1) is 10.2 Å². The maximum atomic E-state index is 14.1. The second-order valence-corrected chi connectivity index (χ2v) is 12.9. The number of aromatic nitrogens is 5. The Balaban J connectivity index is 1.25. The Morgan fingerprint density at radius 1 is 1.12 bits per heavy atom. The zero-order valence-electron chi connectivity index (χ0n) is 24.1. The lowest BCUT2D eigenvalue weighted by Crippen LogP contribution is -2.51. The first kappa shape index (κ1) is 28.4. The summed E-state index contributed by atoms with van der Waals surface area (Å²) in [6.07, 6.45) is 10.7. The molecule has 1 aromatic carbocycles. The second-order valence-electron chi connectivity index (χ2n) is 12.9. The number of rotatable bonds is 9. The van der Waals surface area contributed by atoms with Gasteiger partial charge in [-0.05, 0) is 66.8 Å². The number of nitrogens with zero attached hydrogens (tertiary/aromatic N) is 5. The average Bonchev–Trinajstić information content (AvgIpc) is 3.39. The van der Waals surface area contributed by atoms with E-state index in [4.69, 9.17) is 9.72 Å². The summed E-state index contributed by atoms with van der Waals surface area (Å²) in [6.45, 7) is 6.82. The molecule has 3 aromatic heterocycles. The van der Waals surface area contributed by atoms with Crippen molar-refractivity contribution in [3.05, 3.63) is 77.5 Å². The van der Waals surface area contributed by atoms with Crippen LogP contribution >= 0.6 is 0 Å². The molecule has 1 unspecified atom stereocenters. The quantitative estimate of drug-likeness (QED) is 0.260. The Bertz CT molecular complexity index is 1550. The molecule has 42 heavy (non-hydrogen) atoms. The zero-order chi connectivity index (χ0) is 29.5. The van der Waals surface area contributed by atoms with E-state index < -0.39 is 23.8 Å². The summed E-state index contributed by atoms with van der Waals surface area (Å²) in [5, 5.41) is 26.5. The van der Waals surface area contributed by atoms with Crippen molar-refractivity contribution in [3.8, 4) is 5.88 Å². The summed E-state index contributed by atoms with van der Waals surface area (Å²) in [4.78, 5) is 9.11. The number of fused-ring (bicyclic) bond motifs is 2. The smallest absolute Gasteiger partial charge is 0.218 e. The van der Waals surface area contributed by atoms with E-state index in [0.29, 0.717) is 22.9 Å². The number of hydrogen-bond acceptors (Lipinski definition) is 8. The van der Waals surface area contributed by atoms with Gasteiger partial charge in [-0.1, -0.05) is 20.8 Å². The highest BCUT2D eigenvalue weighted by molar-refractivity contribution is 5.62. The molecular weight excluding hydrogens is 540 g/mol. The molecule has 1 fully saturated rings. The van der Waals surface area contributed by atoms with Crippen LogP contribution in [0, 0.1) is 17.0 Å². The molecule has 0 bridgehead atoms. The van der Waals surface area contributed by atoms with E-state index in [1.165, 1.54) is 12.1 Å². The van der Waals surface area contributed by atoms with E-state index >= 15 is 0 Å². The molecule has 1 spiro atoms. The first-order chi connectivity index (χ1) is 20.1. The van der Waals surface area contributed by atoms with Gasteiger partial charge in [-0.25, -0.2) is 18.7 Å². The van der Waals surface area contributed by atoms with Gasteiger partial charge in [0.25, 0.3) is 0 Å². The highest BCUT2D eigenvalue weighted by Crippen LogP contribution is 2.48. The minimum atomic E-state index is -0.948. The fraction of sp³-hybridized carbons (Fsp3) is 0.484. The van der Waals surface area contributed by atoms with Crippen LogP contribution in [0.1, 0.15) is 69.2 Å². The predicted octanol–water partition coefficient (Wildman–Crippen LogP) is 4.81. The van der Waals surface area contributed by atoms with Crippen LogP contribution in [0.25, 0.3) is 5.65 Å². The minimum Gasteiger partial charge on any atom is -0.471 e. The molecule has 9 nitrogen and oxygen atoms in total. The van der Waals surface area contributed by atoms with E-state index in [-0.39, 0.29) is 30.0 Å². The Morgan fingerprint density at radius 2 is 1.90 bits per heavy atom. The van der Waals surface area contributed by atoms with Gasteiger partial charge in [0.05, 0.1) is 12.1 Å². The lowest BCUT2D eigenvalue weighted by atomic mass is 9.73. The topological polar surface area (TPSA) is 109 Å². The van der Waals surface area contributed by atoms with Crippen molar-refractivity contribution in [3.63, 3.8) is 0 Å². The molecule has 6 rings (SSSR count). The largest absolute Gasteiger partial charge is 0.471 e. The monoisotopic (exact) mass is 577 g/mol. The van der Waals surface area contributed by atoms with Crippen LogP contribution in [0.15, 0.2) is 49.2 Å². The third kappa shape index (κ3) is 6.22. The number of anilines is 1. The summed E-state index contributed by atoms with van der Waals surface area (Å²) >= 11 is 0. The van der Waals surface area contributed by atoms with E-state index in [2.05, 4.69) is 52.7 Å². The SMILES string of the molecule is CC(C)(C)Cc1cnc2c(c1)C(NC[C@@H](O)[C@H](Cc1cc(F)cc(F)c1)Nc1nccn3cnnc13)CC1(CCC1)O2. The van der Waals surface area contributed by atoms with Crippen molar-refractivity contribution in [2.24, 2.45) is 5.41 Å². The highest BCUT2D eigenvalue weighted by Gasteiger charge is 2.46. The van der Waals surface area contributed by atoms with E-state index in [0.717, 1.165) is 49.3 Å². The van der Waals surface area contributed by atoms with E-state index in [9.17, 15) is 13.9 Å². The van der Waals surface area contributed by atoms with Crippen molar-refractivity contribution in [2.45, 2.75) is 83.1 Å². The van der Waals surface area contributed by atoms with Crippen LogP contribution in [0.4, 0.5) is 14.6 Å². The first-order valence-electron chi connectivity index (χ1n) is 14.5. The third-order valence-corrected chi connectivity index (χ3v) is 8.15. The summed E-state index contributed by atoms with van der Waals surface area (Å²) in [5.41, 5.74) is 2.90. The molecule has 1 aliphatic carbocycles. The fourth-order valence-corrected chi connectivity index (χ4v) is 6.05. The Labute approximate surface area is 243 Å². The molecule has 4 aromatic rings. The number of pyridine rings is 1.